The van der Waals surface area contributed by atoms with Gasteiger partial charge in [0.05, 0.1) is 27.0 Å². The highest BCUT2D eigenvalue weighted by molar-refractivity contribution is 7.09. The maximum absolute atomic E-state index is 14.2. The van der Waals surface area contributed by atoms with Crippen LogP contribution in [0, 0.1) is 11.8 Å². The minimum absolute atomic E-state index is 0.0472. The lowest BCUT2D eigenvalue weighted by molar-refractivity contribution is 0.0677. The quantitative estimate of drug-likeness (QED) is 0.312. The second kappa shape index (κ2) is 11.3. The van der Waals surface area contributed by atoms with Crippen molar-refractivity contribution in [2.75, 3.05) is 19.6 Å². The van der Waals surface area contributed by atoms with Gasteiger partial charge >= 0.3 is 0 Å². The highest BCUT2D eigenvalue weighted by Crippen LogP contribution is 2.34. The van der Waals surface area contributed by atoms with E-state index < -0.39 is 30.1 Å². The molecule has 0 spiro atoms. The Labute approximate surface area is 207 Å². The van der Waals surface area contributed by atoms with Gasteiger partial charge in [0.15, 0.2) is 0 Å². The Morgan fingerprint density at radius 3 is 2.63 bits per heavy atom. The van der Waals surface area contributed by atoms with Crippen molar-refractivity contribution < 1.29 is 27.1 Å². The van der Waals surface area contributed by atoms with Gasteiger partial charge < -0.3 is 10.1 Å². The average molecular weight is 529 g/mol. The third-order valence-corrected chi connectivity index (χ3v) is 6.93. The smallest absolute Gasteiger partial charge is 0.281 e. The largest absolute Gasteiger partial charge is 0.474 e. The van der Waals surface area contributed by atoms with E-state index in [-0.39, 0.29) is 34.8 Å². The predicted molar refractivity (Wildman–Crippen MR) is 123 cm³/mol. The summed E-state index contributed by atoms with van der Waals surface area (Å²) in [5.74, 6) is -1.98. The van der Waals surface area contributed by atoms with Crippen LogP contribution in [0.25, 0.3) is 0 Å². The fourth-order valence-corrected chi connectivity index (χ4v) is 5.17. The van der Waals surface area contributed by atoms with Crippen molar-refractivity contribution in [3.8, 4) is 5.88 Å². The fraction of sp³-hybridized carbons (Fsp3) is 0.348. The van der Waals surface area contributed by atoms with E-state index >= 15 is 0 Å². The van der Waals surface area contributed by atoms with Gasteiger partial charge in [0.1, 0.15) is 17.6 Å². The first-order chi connectivity index (χ1) is 16.8. The van der Waals surface area contributed by atoms with Crippen molar-refractivity contribution >= 4 is 28.8 Å². The minimum Gasteiger partial charge on any atom is -0.474 e. The highest BCUT2D eigenvalue weighted by atomic mass is 35.5. The molecule has 1 aliphatic heterocycles. The van der Waals surface area contributed by atoms with E-state index in [4.69, 9.17) is 16.3 Å². The standard InChI is InChI=1S/C23H21ClF4N4O2S/c24-14-3-1-4-15(25)19(14)23(33)29-11-16(21-20(22(27)28)30-12-35-21)32-9-7-13(8-10-32)34-18-6-2-5-17(26)31-18/h1-6,12-13,16,22H,7-11H2,(H,29,33). The Morgan fingerprint density at radius 2 is 1.94 bits per heavy atom. The number of carbonyl (C=O) groups excluding carboxylic acids is 1. The molecule has 35 heavy (non-hydrogen) atoms. The van der Waals surface area contributed by atoms with Gasteiger partial charge in [-0.15, -0.1) is 11.3 Å². The number of ether oxygens (including phenoxy) is 1. The first-order valence-electron chi connectivity index (χ1n) is 10.8. The summed E-state index contributed by atoms with van der Waals surface area (Å²) >= 11 is 7.06. The number of aromatic nitrogens is 2. The second-order valence-corrected chi connectivity index (χ2v) is 9.17. The molecule has 1 N–H and O–H groups in total. The molecule has 0 radical (unpaired) electrons. The average Bonchev–Trinajstić information content (AvgIpc) is 3.30. The van der Waals surface area contributed by atoms with E-state index in [1.807, 2.05) is 4.90 Å². The lowest BCUT2D eigenvalue weighted by Crippen LogP contribution is -2.44. The van der Waals surface area contributed by atoms with Crippen LogP contribution in [-0.2, 0) is 0 Å². The molecule has 1 fully saturated rings. The van der Waals surface area contributed by atoms with Gasteiger partial charge in [-0.3, -0.25) is 9.69 Å². The first kappa shape index (κ1) is 25.3. The normalized spacial score (nSPS) is 15.8. The van der Waals surface area contributed by atoms with E-state index in [1.165, 1.54) is 29.8 Å². The molecule has 1 aliphatic rings. The molecule has 2 aromatic heterocycles. The second-order valence-electron chi connectivity index (χ2n) is 7.88. The maximum Gasteiger partial charge on any atom is 0.281 e. The van der Waals surface area contributed by atoms with Crippen molar-refractivity contribution in [1.29, 1.82) is 0 Å². The van der Waals surface area contributed by atoms with Gasteiger partial charge in [0.2, 0.25) is 11.8 Å². The molecule has 12 heteroatoms. The van der Waals surface area contributed by atoms with Gasteiger partial charge in [-0.05, 0) is 31.0 Å². The summed E-state index contributed by atoms with van der Waals surface area (Å²) in [6, 6.07) is 7.57. The van der Waals surface area contributed by atoms with Crippen LogP contribution in [0.4, 0.5) is 17.6 Å². The van der Waals surface area contributed by atoms with Crippen molar-refractivity contribution in [2.24, 2.45) is 0 Å². The van der Waals surface area contributed by atoms with E-state index in [2.05, 4.69) is 15.3 Å². The summed E-state index contributed by atoms with van der Waals surface area (Å²) < 4.78 is 60.5. The van der Waals surface area contributed by atoms with Gasteiger partial charge in [-0.1, -0.05) is 23.7 Å². The lowest BCUT2D eigenvalue weighted by atomic mass is 10.0. The number of carbonyl (C=O) groups is 1. The number of hydrogen-bond donors (Lipinski definition) is 1. The Bertz CT molecular complexity index is 1150. The lowest BCUT2D eigenvalue weighted by Gasteiger charge is -2.37. The number of pyridine rings is 1. The van der Waals surface area contributed by atoms with E-state index in [0.29, 0.717) is 30.8 Å². The molecule has 0 bridgehead atoms. The number of benzene rings is 1. The zero-order valence-electron chi connectivity index (χ0n) is 18.3. The number of rotatable bonds is 8. The maximum atomic E-state index is 14.2. The van der Waals surface area contributed by atoms with E-state index in [1.54, 1.807) is 6.07 Å². The molecule has 0 saturated carbocycles. The Morgan fingerprint density at radius 1 is 1.20 bits per heavy atom. The molecular weight excluding hydrogens is 508 g/mol. The zero-order chi connectivity index (χ0) is 24.9. The summed E-state index contributed by atoms with van der Waals surface area (Å²) in [5.41, 5.74) is 0.687. The number of thiazole rings is 1. The van der Waals surface area contributed by atoms with Gasteiger partial charge in [-0.2, -0.15) is 9.37 Å². The predicted octanol–water partition coefficient (Wildman–Crippen LogP) is 5.42. The monoisotopic (exact) mass is 528 g/mol. The topological polar surface area (TPSA) is 67.4 Å². The fourth-order valence-electron chi connectivity index (χ4n) is 3.99. The summed E-state index contributed by atoms with van der Waals surface area (Å²) in [6.45, 7) is 0.867. The van der Waals surface area contributed by atoms with Crippen molar-refractivity contribution in [1.82, 2.24) is 20.2 Å². The SMILES string of the molecule is O=C(NCC(c1scnc1C(F)F)N1CCC(Oc2cccc(F)n2)CC1)c1c(F)cccc1Cl. The summed E-state index contributed by atoms with van der Waals surface area (Å²) in [7, 11) is 0. The van der Waals surface area contributed by atoms with Crippen LogP contribution in [0.3, 0.4) is 0 Å². The first-order valence-corrected chi connectivity index (χ1v) is 12.1. The molecule has 1 saturated heterocycles. The van der Waals surface area contributed by atoms with Crippen LogP contribution >= 0.6 is 22.9 Å². The Balaban J connectivity index is 1.47. The summed E-state index contributed by atoms with van der Waals surface area (Å²) in [5, 5.41) is 2.59. The number of hydrogen-bond acceptors (Lipinski definition) is 6. The number of alkyl halides is 2. The number of piperidine rings is 1. The molecular formula is C23H21ClF4N4O2S. The Hall–Kier alpha value is -2.76. The van der Waals surface area contributed by atoms with Gasteiger partial charge in [0, 0.05) is 25.7 Å². The number of nitrogens with zero attached hydrogens (tertiary/aromatic N) is 3. The van der Waals surface area contributed by atoms with Gasteiger partial charge in [0.25, 0.3) is 12.3 Å². The van der Waals surface area contributed by atoms with Crippen molar-refractivity contribution in [2.45, 2.75) is 31.4 Å². The molecule has 1 unspecified atom stereocenters. The molecule has 186 valence electrons. The van der Waals surface area contributed by atoms with Crippen LogP contribution in [0.15, 0.2) is 41.9 Å². The molecule has 1 amide bonds. The molecule has 6 nitrogen and oxygen atoms in total. The molecule has 1 aromatic carbocycles. The molecule has 3 aromatic rings. The third-order valence-electron chi connectivity index (χ3n) is 5.67. The Kier molecular flexibility index (Phi) is 8.19. The number of nitrogens with one attached hydrogen (secondary N) is 1. The zero-order valence-corrected chi connectivity index (χ0v) is 19.8. The molecule has 3 heterocycles. The van der Waals surface area contributed by atoms with Crippen molar-refractivity contribution in [3.05, 3.63) is 74.8 Å². The summed E-state index contributed by atoms with van der Waals surface area (Å²) in [6.07, 6.45) is -1.95. The van der Waals surface area contributed by atoms with Crippen LogP contribution in [-0.4, -0.2) is 46.5 Å². The number of halogens is 5. The third kappa shape index (κ3) is 6.09. The number of amides is 1. The number of likely N-dealkylation sites (tertiary alicyclic amines) is 1. The summed E-state index contributed by atoms with van der Waals surface area (Å²) in [4.78, 5) is 22.5. The van der Waals surface area contributed by atoms with Crippen LogP contribution < -0.4 is 10.1 Å². The molecule has 0 aliphatic carbocycles. The molecule has 1 atom stereocenters. The van der Waals surface area contributed by atoms with Crippen LogP contribution in [0.1, 0.15) is 46.2 Å². The highest BCUT2D eigenvalue weighted by Gasteiger charge is 2.32. The van der Waals surface area contributed by atoms with Crippen molar-refractivity contribution in [3.63, 3.8) is 0 Å². The van der Waals surface area contributed by atoms with Crippen LogP contribution in [0.5, 0.6) is 5.88 Å². The minimum atomic E-state index is -2.78. The molecule has 4 rings (SSSR count). The van der Waals surface area contributed by atoms with Crippen LogP contribution in [0.2, 0.25) is 5.02 Å². The van der Waals surface area contributed by atoms with E-state index in [0.717, 1.165) is 17.4 Å². The van der Waals surface area contributed by atoms with Gasteiger partial charge in [-0.25, -0.2) is 18.2 Å². The van der Waals surface area contributed by atoms with E-state index in [9.17, 15) is 22.4 Å².